The third-order valence-corrected chi connectivity index (χ3v) is 9.37. The predicted octanol–water partition coefficient (Wildman–Crippen LogP) is 5.31. The maximum atomic E-state index is 13.2. The fourth-order valence-corrected chi connectivity index (χ4v) is 7.12. The molecule has 1 aliphatic carbocycles. The highest BCUT2D eigenvalue weighted by molar-refractivity contribution is 7.15. The van der Waals surface area contributed by atoms with Crippen molar-refractivity contribution >= 4 is 33.2 Å². The highest BCUT2D eigenvalue weighted by Gasteiger charge is 2.45. The van der Waals surface area contributed by atoms with Crippen LogP contribution in [-0.2, 0) is 20.0 Å². The molecule has 192 valence electrons. The molecular formula is C27H33F2N5OS. The predicted molar refractivity (Wildman–Crippen MR) is 138 cm³/mol. The average molecular weight is 514 g/mol. The van der Waals surface area contributed by atoms with Gasteiger partial charge in [0, 0.05) is 48.6 Å². The van der Waals surface area contributed by atoms with E-state index in [0.29, 0.717) is 18.3 Å². The first-order valence-electron chi connectivity index (χ1n) is 13.1. The molecule has 4 heterocycles. The number of aromatic nitrogens is 3. The van der Waals surface area contributed by atoms with Crippen LogP contribution in [0.4, 0.5) is 13.9 Å². The topological polar surface area (TPSA) is 54.3 Å². The molecule has 1 aromatic carbocycles. The van der Waals surface area contributed by atoms with Crippen molar-refractivity contribution < 1.29 is 13.6 Å². The fourth-order valence-electron chi connectivity index (χ4n) is 6.06. The minimum absolute atomic E-state index is 0.198. The molecule has 1 saturated carbocycles. The molecule has 3 aromatic rings. The zero-order valence-electron chi connectivity index (χ0n) is 20.8. The summed E-state index contributed by atoms with van der Waals surface area (Å²) in [6.07, 6.45) is 9.34. The lowest BCUT2D eigenvalue weighted by Crippen LogP contribution is -2.56. The third kappa shape index (κ3) is 4.92. The Hall–Kier alpha value is -2.39. The first-order valence-corrected chi connectivity index (χ1v) is 13.9. The molecular weight excluding hydrogens is 480 g/mol. The zero-order valence-corrected chi connectivity index (χ0v) is 21.6. The number of anilines is 1. The second-order valence-electron chi connectivity index (χ2n) is 11.0. The molecule has 1 saturated heterocycles. The van der Waals surface area contributed by atoms with Crippen molar-refractivity contribution in [2.75, 3.05) is 31.1 Å². The van der Waals surface area contributed by atoms with Crippen LogP contribution in [0, 0.1) is 11.8 Å². The van der Waals surface area contributed by atoms with E-state index in [-0.39, 0.29) is 18.9 Å². The van der Waals surface area contributed by atoms with E-state index < -0.39 is 5.92 Å². The number of hydrogen-bond acceptors (Lipinski definition) is 6. The van der Waals surface area contributed by atoms with Gasteiger partial charge < -0.3 is 4.90 Å². The molecule has 0 unspecified atom stereocenters. The van der Waals surface area contributed by atoms with E-state index >= 15 is 0 Å². The quantitative estimate of drug-likeness (QED) is 0.401. The summed E-state index contributed by atoms with van der Waals surface area (Å²) in [6.45, 7) is 2.52. The van der Waals surface area contributed by atoms with Gasteiger partial charge in [-0.25, -0.2) is 13.8 Å². The second kappa shape index (κ2) is 9.49. The second-order valence-corrected chi connectivity index (χ2v) is 12.0. The number of alkyl halides is 2. The van der Waals surface area contributed by atoms with Crippen molar-refractivity contribution in [1.29, 1.82) is 0 Å². The van der Waals surface area contributed by atoms with Gasteiger partial charge >= 0.3 is 0 Å². The summed E-state index contributed by atoms with van der Waals surface area (Å²) in [6, 6.07) is 5.87. The van der Waals surface area contributed by atoms with Crippen LogP contribution in [0.25, 0.3) is 10.9 Å². The smallest absolute Gasteiger partial charge is 0.282 e. The number of Topliss-reactive ketones (excluding diaryl/α,β-unsaturated/α-hetero) is 1. The first-order chi connectivity index (χ1) is 17.3. The molecule has 0 radical (unpaired) electrons. The van der Waals surface area contributed by atoms with Crippen LogP contribution in [0.1, 0.15) is 59.5 Å². The number of carbonyl (C=O) groups is 1. The van der Waals surface area contributed by atoms with Crippen LogP contribution in [0.3, 0.4) is 0 Å². The Labute approximate surface area is 214 Å². The molecule has 2 fully saturated rings. The number of ketones is 1. The lowest BCUT2D eigenvalue weighted by atomic mass is 9.78. The van der Waals surface area contributed by atoms with Crippen molar-refractivity contribution in [3.8, 4) is 0 Å². The number of thiazole rings is 1. The molecule has 0 bridgehead atoms. The molecule has 0 amide bonds. The number of fused-ring (bicyclic) bond motifs is 2. The minimum atomic E-state index is -2.56. The summed E-state index contributed by atoms with van der Waals surface area (Å²) in [5.74, 6) is -1.16. The Morgan fingerprint density at radius 3 is 2.72 bits per heavy atom. The maximum Gasteiger partial charge on any atom is 0.282 e. The van der Waals surface area contributed by atoms with Gasteiger partial charge in [0.05, 0.1) is 18.8 Å². The normalized spacial score (nSPS) is 24.0. The Morgan fingerprint density at radius 1 is 1.17 bits per heavy atom. The van der Waals surface area contributed by atoms with Crippen molar-refractivity contribution in [3.05, 3.63) is 40.5 Å². The number of aryl methyl sites for hydroxylation is 1. The Balaban J connectivity index is 0.959. The highest BCUT2D eigenvalue weighted by Crippen LogP contribution is 2.38. The highest BCUT2D eigenvalue weighted by atomic mass is 32.1. The molecule has 6 rings (SSSR count). The largest absolute Gasteiger partial charge is 0.336 e. The van der Waals surface area contributed by atoms with E-state index in [4.69, 9.17) is 4.98 Å². The van der Waals surface area contributed by atoms with Gasteiger partial charge in [-0.15, -0.1) is 11.3 Å². The lowest BCUT2D eigenvalue weighted by molar-refractivity contribution is -0.0263. The van der Waals surface area contributed by atoms with Gasteiger partial charge in [0.1, 0.15) is 5.52 Å². The van der Waals surface area contributed by atoms with Crippen LogP contribution in [0.5, 0.6) is 0 Å². The molecule has 9 heteroatoms. The van der Waals surface area contributed by atoms with Crippen LogP contribution >= 0.6 is 11.3 Å². The van der Waals surface area contributed by atoms with Gasteiger partial charge in [0.2, 0.25) is 0 Å². The van der Waals surface area contributed by atoms with E-state index in [2.05, 4.69) is 10.00 Å². The molecule has 2 aliphatic heterocycles. The van der Waals surface area contributed by atoms with E-state index in [1.807, 2.05) is 31.4 Å². The molecule has 0 atom stereocenters. The average Bonchev–Trinajstić information content (AvgIpc) is 3.43. The Bertz CT molecular complexity index is 1250. The van der Waals surface area contributed by atoms with E-state index in [0.717, 1.165) is 66.2 Å². The van der Waals surface area contributed by atoms with Gasteiger partial charge in [-0.3, -0.25) is 14.4 Å². The van der Waals surface area contributed by atoms with Crippen molar-refractivity contribution in [3.63, 3.8) is 0 Å². The van der Waals surface area contributed by atoms with Crippen molar-refractivity contribution in [2.45, 2.75) is 57.4 Å². The van der Waals surface area contributed by atoms with Crippen molar-refractivity contribution in [1.82, 2.24) is 19.7 Å². The Kier molecular flexibility index (Phi) is 6.32. The number of halogens is 2. The van der Waals surface area contributed by atoms with Crippen LogP contribution in [-0.4, -0.2) is 57.5 Å². The van der Waals surface area contributed by atoms with Gasteiger partial charge in [0.15, 0.2) is 10.9 Å². The van der Waals surface area contributed by atoms with Gasteiger partial charge in [-0.05, 0) is 50.1 Å². The number of hydrogen-bond donors (Lipinski definition) is 0. The van der Waals surface area contributed by atoms with Crippen LogP contribution in [0.2, 0.25) is 0 Å². The van der Waals surface area contributed by atoms with E-state index in [9.17, 15) is 13.6 Å². The molecule has 0 N–H and O–H groups in total. The maximum absolute atomic E-state index is 13.2. The summed E-state index contributed by atoms with van der Waals surface area (Å²) in [5.41, 5.74) is 2.66. The molecule has 6 nitrogen and oxygen atoms in total. The van der Waals surface area contributed by atoms with Crippen LogP contribution < -0.4 is 4.90 Å². The molecule has 0 spiro atoms. The molecule has 3 aliphatic rings. The van der Waals surface area contributed by atoms with E-state index in [1.165, 1.54) is 24.1 Å². The molecule has 36 heavy (non-hydrogen) atoms. The first kappa shape index (κ1) is 24.0. The standard InChI is InChI=1S/C27H33F2N5OS/c1-32-14-20-3-2-4-21(25(20)31-32)23(35)13-19-7-5-18(6-8-19)9-11-33-12-10-24-22(15-33)30-26(36-24)34-16-27(28,29)17-34/h2-4,14,18-19H,5-13,15-17H2,1H3. The lowest BCUT2D eigenvalue weighted by Gasteiger charge is -2.38. The van der Waals surface area contributed by atoms with E-state index in [1.54, 1.807) is 20.9 Å². The Morgan fingerprint density at radius 2 is 1.94 bits per heavy atom. The number of carbonyl (C=O) groups excluding carboxylic acids is 1. The summed E-state index contributed by atoms with van der Waals surface area (Å²) in [5, 5.41) is 6.28. The minimum Gasteiger partial charge on any atom is -0.336 e. The summed E-state index contributed by atoms with van der Waals surface area (Å²) in [7, 11) is 1.89. The SMILES string of the molecule is Cn1cc2cccc(C(=O)CC3CCC(CCN4CCc5sc(N6CC(F)(F)C6)nc5C4)CC3)c2n1. The third-order valence-electron chi connectivity index (χ3n) is 8.16. The zero-order chi connectivity index (χ0) is 24.9. The van der Waals surface area contributed by atoms with Gasteiger partial charge in [-0.2, -0.15) is 5.10 Å². The monoisotopic (exact) mass is 513 g/mol. The van der Waals surface area contributed by atoms with Gasteiger partial charge in [-0.1, -0.05) is 25.0 Å². The number of benzene rings is 1. The molecule has 2 aromatic heterocycles. The van der Waals surface area contributed by atoms with Crippen LogP contribution in [0.15, 0.2) is 24.4 Å². The number of rotatable bonds is 7. The fraction of sp³-hybridized carbons (Fsp3) is 0.593. The number of nitrogens with zero attached hydrogens (tertiary/aromatic N) is 5. The van der Waals surface area contributed by atoms with Gasteiger partial charge in [0.25, 0.3) is 5.92 Å². The summed E-state index contributed by atoms with van der Waals surface area (Å²) >= 11 is 1.60. The summed E-state index contributed by atoms with van der Waals surface area (Å²) in [4.78, 5) is 23.2. The summed E-state index contributed by atoms with van der Waals surface area (Å²) < 4.78 is 28.2. The van der Waals surface area contributed by atoms with Crippen molar-refractivity contribution in [2.24, 2.45) is 18.9 Å².